The summed E-state index contributed by atoms with van der Waals surface area (Å²) in [4.78, 5) is 13.6. The van der Waals surface area contributed by atoms with E-state index in [0.717, 1.165) is 17.9 Å². The molecule has 100 valence electrons. The molecule has 1 unspecified atom stereocenters. The second kappa shape index (κ2) is 6.04. The normalized spacial score (nSPS) is 12.3. The summed E-state index contributed by atoms with van der Waals surface area (Å²) < 4.78 is 26.0. The van der Waals surface area contributed by atoms with E-state index in [0.29, 0.717) is 0 Å². The van der Waals surface area contributed by atoms with Gasteiger partial charge in [0.05, 0.1) is 5.56 Å². The summed E-state index contributed by atoms with van der Waals surface area (Å²) in [5.74, 6) is -1.78. The van der Waals surface area contributed by atoms with Crippen molar-refractivity contribution >= 4 is 23.4 Å². The van der Waals surface area contributed by atoms with Crippen LogP contribution in [0.15, 0.2) is 12.1 Å². The van der Waals surface area contributed by atoms with Crippen LogP contribution in [-0.2, 0) is 0 Å². The molecule has 1 atom stereocenters. The Labute approximate surface area is 109 Å². The van der Waals surface area contributed by atoms with Crippen molar-refractivity contribution in [1.82, 2.24) is 4.90 Å². The highest BCUT2D eigenvalue weighted by Crippen LogP contribution is 2.19. The van der Waals surface area contributed by atoms with Crippen LogP contribution in [0.25, 0.3) is 0 Å². The van der Waals surface area contributed by atoms with Crippen LogP contribution in [-0.4, -0.2) is 35.9 Å². The summed E-state index contributed by atoms with van der Waals surface area (Å²) in [5.41, 5.74) is 5.48. The van der Waals surface area contributed by atoms with Gasteiger partial charge in [0.15, 0.2) is 11.6 Å². The first kappa shape index (κ1) is 14.8. The molecule has 1 rings (SSSR count). The number of amides is 1. The minimum atomic E-state index is -1.07. The van der Waals surface area contributed by atoms with Gasteiger partial charge in [-0.25, -0.2) is 8.78 Å². The minimum absolute atomic E-state index is 0.00986. The van der Waals surface area contributed by atoms with Crippen molar-refractivity contribution in [3.8, 4) is 0 Å². The van der Waals surface area contributed by atoms with Gasteiger partial charge in [0, 0.05) is 30.6 Å². The molecule has 0 aliphatic carbocycles. The van der Waals surface area contributed by atoms with E-state index in [1.54, 1.807) is 18.8 Å². The summed E-state index contributed by atoms with van der Waals surface area (Å²) in [6.45, 7) is 1.88. The van der Waals surface area contributed by atoms with E-state index in [4.69, 9.17) is 5.73 Å². The Morgan fingerprint density at radius 1 is 1.44 bits per heavy atom. The van der Waals surface area contributed by atoms with Crippen molar-refractivity contribution in [3.05, 3.63) is 29.3 Å². The Morgan fingerprint density at radius 2 is 2.00 bits per heavy atom. The number of carbonyl (C=O) groups is 1. The smallest absolute Gasteiger partial charge is 0.256 e. The Kier molecular flexibility index (Phi) is 4.95. The third-order valence-corrected chi connectivity index (χ3v) is 3.53. The van der Waals surface area contributed by atoms with E-state index < -0.39 is 17.5 Å². The van der Waals surface area contributed by atoms with Crippen LogP contribution in [0.5, 0.6) is 0 Å². The van der Waals surface area contributed by atoms with Crippen LogP contribution < -0.4 is 5.73 Å². The van der Waals surface area contributed by atoms with Crippen molar-refractivity contribution < 1.29 is 13.6 Å². The maximum Gasteiger partial charge on any atom is 0.256 e. The molecule has 0 aliphatic rings. The first-order valence-corrected chi connectivity index (χ1v) is 6.78. The lowest BCUT2D eigenvalue weighted by Gasteiger charge is -2.25. The molecule has 0 aliphatic heterocycles. The number of nitrogen functional groups attached to an aromatic ring is 1. The summed E-state index contributed by atoms with van der Waals surface area (Å²) in [6.07, 6.45) is 1.93. The number of thioether (sulfide) groups is 1. The molecule has 0 radical (unpaired) electrons. The lowest BCUT2D eigenvalue weighted by atomic mass is 10.1. The first-order chi connectivity index (χ1) is 8.38. The third kappa shape index (κ3) is 3.13. The number of hydrogen-bond donors (Lipinski definition) is 1. The first-order valence-electron chi connectivity index (χ1n) is 5.39. The van der Waals surface area contributed by atoms with Crippen molar-refractivity contribution in [2.24, 2.45) is 0 Å². The van der Waals surface area contributed by atoms with E-state index in [1.165, 1.54) is 4.90 Å². The van der Waals surface area contributed by atoms with Gasteiger partial charge in [-0.1, -0.05) is 0 Å². The SMILES string of the molecule is CSCC(C)N(C)C(=O)c1cc(F)c(F)cc1N. The number of halogens is 2. The van der Waals surface area contributed by atoms with Gasteiger partial charge in [0.1, 0.15) is 0 Å². The van der Waals surface area contributed by atoms with Gasteiger partial charge in [-0.15, -0.1) is 0 Å². The molecule has 0 saturated carbocycles. The standard InChI is InChI=1S/C12H16F2N2OS/c1-7(6-18-3)16(2)12(17)8-4-9(13)10(14)5-11(8)15/h4-5,7H,6,15H2,1-3H3. The van der Waals surface area contributed by atoms with E-state index >= 15 is 0 Å². The van der Waals surface area contributed by atoms with Crippen molar-refractivity contribution in [2.45, 2.75) is 13.0 Å². The minimum Gasteiger partial charge on any atom is -0.398 e. The molecule has 0 aromatic heterocycles. The number of anilines is 1. The number of nitrogens with two attached hydrogens (primary N) is 1. The number of hydrogen-bond acceptors (Lipinski definition) is 3. The predicted molar refractivity (Wildman–Crippen MR) is 70.7 cm³/mol. The highest BCUT2D eigenvalue weighted by molar-refractivity contribution is 7.98. The molecule has 0 bridgehead atoms. The van der Waals surface area contributed by atoms with Crippen LogP contribution in [0.4, 0.5) is 14.5 Å². The number of benzene rings is 1. The van der Waals surface area contributed by atoms with Crippen LogP contribution in [0.2, 0.25) is 0 Å². The van der Waals surface area contributed by atoms with Gasteiger partial charge < -0.3 is 10.6 Å². The zero-order valence-corrected chi connectivity index (χ0v) is 11.4. The Bertz CT molecular complexity index is 454. The molecule has 3 nitrogen and oxygen atoms in total. The molecule has 1 aromatic carbocycles. The highest BCUT2D eigenvalue weighted by atomic mass is 32.2. The fraction of sp³-hybridized carbons (Fsp3) is 0.417. The molecule has 18 heavy (non-hydrogen) atoms. The monoisotopic (exact) mass is 274 g/mol. The third-order valence-electron chi connectivity index (χ3n) is 2.71. The molecule has 0 heterocycles. The number of carbonyl (C=O) groups excluding carboxylic acids is 1. The van der Waals surface area contributed by atoms with Crippen molar-refractivity contribution in [3.63, 3.8) is 0 Å². The van der Waals surface area contributed by atoms with Gasteiger partial charge in [0.25, 0.3) is 5.91 Å². The fourth-order valence-electron chi connectivity index (χ4n) is 1.49. The van der Waals surface area contributed by atoms with Crippen molar-refractivity contribution in [1.29, 1.82) is 0 Å². The molecule has 0 spiro atoms. The van der Waals surface area contributed by atoms with Gasteiger partial charge in [0.2, 0.25) is 0 Å². The molecule has 0 saturated heterocycles. The van der Waals surface area contributed by atoms with Crippen molar-refractivity contribution in [2.75, 3.05) is 24.8 Å². The summed E-state index contributed by atoms with van der Waals surface area (Å²) in [7, 11) is 1.62. The lowest BCUT2D eigenvalue weighted by molar-refractivity contribution is 0.0758. The average molecular weight is 274 g/mol. The largest absolute Gasteiger partial charge is 0.398 e. The summed E-state index contributed by atoms with van der Waals surface area (Å²) in [5, 5.41) is 0. The highest BCUT2D eigenvalue weighted by Gasteiger charge is 2.21. The van der Waals surface area contributed by atoms with Crippen LogP contribution in [0.3, 0.4) is 0 Å². The quantitative estimate of drug-likeness (QED) is 0.857. The van der Waals surface area contributed by atoms with Gasteiger partial charge in [-0.3, -0.25) is 4.79 Å². The predicted octanol–water partition coefficient (Wildman–Crippen LogP) is 2.37. The number of rotatable bonds is 4. The maximum atomic E-state index is 13.1. The fourth-order valence-corrected chi connectivity index (χ4v) is 2.20. The van der Waals surface area contributed by atoms with E-state index in [9.17, 15) is 13.6 Å². The molecule has 1 amide bonds. The Hall–Kier alpha value is -1.30. The van der Waals surface area contributed by atoms with Crippen LogP contribution >= 0.6 is 11.8 Å². The summed E-state index contributed by atoms with van der Waals surface area (Å²) >= 11 is 1.60. The summed E-state index contributed by atoms with van der Waals surface area (Å²) in [6, 6.07) is 1.66. The zero-order valence-electron chi connectivity index (χ0n) is 10.5. The molecule has 0 fully saturated rings. The van der Waals surface area contributed by atoms with Crippen LogP contribution in [0.1, 0.15) is 17.3 Å². The molecular formula is C12H16F2N2OS. The van der Waals surface area contributed by atoms with Gasteiger partial charge >= 0.3 is 0 Å². The molecule has 6 heteroatoms. The maximum absolute atomic E-state index is 13.1. The van der Waals surface area contributed by atoms with Crippen LogP contribution in [0, 0.1) is 11.6 Å². The second-order valence-electron chi connectivity index (χ2n) is 4.07. The molecule has 2 N–H and O–H groups in total. The molecular weight excluding hydrogens is 258 g/mol. The topological polar surface area (TPSA) is 46.3 Å². The Balaban J connectivity index is 3.00. The van der Waals surface area contributed by atoms with E-state index in [-0.39, 0.29) is 17.3 Å². The Morgan fingerprint density at radius 3 is 2.56 bits per heavy atom. The van der Waals surface area contributed by atoms with E-state index in [1.807, 2.05) is 13.2 Å². The van der Waals surface area contributed by atoms with Gasteiger partial charge in [-0.2, -0.15) is 11.8 Å². The zero-order chi connectivity index (χ0) is 13.9. The van der Waals surface area contributed by atoms with Gasteiger partial charge in [-0.05, 0) is 19.2 Å². The average Bonchev–Trinajstić information content (AvgIpc) is 2.32. The second-order valence-corrected chi connectivity index (χ2v) is 4.98. The van der Waals surface area contributed by atoms with E-state index in [2.05, 4.69) is 0 Å². The molecule has 1 aromatic rings. The lowest BCUT2D eigenvalue weighted by Crippen LogP contribution is -2.37. The number of nitrogens with zero attached hydrogens (tertiary/aromatic N) is 1.